The molecule has 0 radical (unpaired) electrons. The van der Waals surface area contributed by atoms with Crippen LogP contribution in [0.25, 0.3) is 0 Å². The van der Waals surface area contributed by atoms with Crippen molar-refractivity contribution < 1.29 is 23.5 Å². The molecule has 3 amide bonds. The molecular formula is C19H23FN2O4. The van der Waals surface area contributed by atoms with E-state index in [0.717, 1.165) is 18.4 Å². The van der Waals surface area contributed by atoms with Gasteiger partial charge in [-0.15, -0.1) is 0 Å². The third kappa shape index (κ3) is 4.20. The Balaban J connectivity index is 1.70. The number of methoxy groups -OCH3 is 1. The Bertz CT molecular complexity index is 701. The van der Waals surface area contributed by atoms with Gasteiger partial charge >= 0.3 is 6.09 Å². The number of ether oxygens (including phenoxy) is 1. The highest BCUT2D eigenvalue weighted by molar-refractivity contribution is 5.98. The van der Waals surface area contributed by atoms with Gasteiger partial charge in [0.05, 0.1) is 12.8 Å². The number of likely N-dealkylation sites (tertiary alicyclic amines) is 1. The van der Waals surface area contributed by atoms with Crippen LogP contribution in [0.3, 0.4) is 0 Å². The van der Waals surface area contributed by atoms with E-state index in [1.807, 2.05) is 0 Å². The maximum atomic E-state index is 13.8. The van der Waals surface area contributed by atoms with Crippen LogP contribution < -0.4 is 5.32 Å². The molecule has 1 N–H and O–H groups in total. The van der Waals surface area contributed by atoms with Crippen molar-refractivity contribution in [1.82, 2.24) is 4.90 Å². The lowest BCUT2D eigenvalue weighted by Crippen LogP contribution is -2.48. The highest BCUT2D eigenvalue weighted by Gasteiger charge is 2.41. The predicted octanol–water partition coefficient (Wildman–Crippen LogP) is 3.25. The molecule has 1 saturated carbocycles. The van der Waals surface area contributed by atoms with Crippen molar-refractivity contribution in [3.63, 3.8) is 0 Å². The van der Waals surface area contributed by atoms with Crippen LogP contribution in [0.2, 0.25) is 0 Å². The number of amides is 3. The molecule has 1 heterocycles. The molecule has 1 aliphatic carbocycles. The molecule has 0 unspecified atom stereocenters. The van der Waals surface area contributed by atoms with E-state index in [-0.39, 0.29) is 23.5 Å². The van der Waals surface area contributed by atoms with Crippen molar-refractivity contribution >= 4 is 23.6 Å². The number of anilines is 1. The number of piperidine rings is 1. The van der Waals surface area contributed by atoms with E-state index in [9.17, 15) is 18.8 Å². The molecule has 6 nitrogen and oxygen atoms in total. The highest BCUT2D eigenvalue weighted by atomic mass is 19.1. The Morgan fingerprint density at radius 2 is 2.00 bits per heavy atom. The van der Waals surface area contributed by atoms with Gasteiger partial charge in [-0.25, -0.2) is 9.18 Å². The summed E-state index contributed by atoms with van der Waals surface area (Å²) in [4.78, 5) is 37.2. The maximum absolute atomic E-state index is 13.8. The summed E-state index contributed by atoms with van der Waals surface area (Å²) in [5, 5.41) is 2.35. The van der Waals surface area contributed by atoms with E-state index in [0.29, 0.717) is 38.0 Å². The topological polar surface area (TPSA) is 75.7 Å². The number of rotatable bonds is 6. The molecule has 1 atom stereocenters. The van der Waals surface area contributed by atoms with E-state index in [1.165, 1.54) is 18.1 Å². The lowest BCUT2D eigenvalue weighted by atomic mass is 9.97. The van der Waals surface area contributed by atoms with Crippen LogP contribution in [0.4, 0.5) is 14.9 Å². The van der Waals surface area contributed by atoms with Crippen LogP contribution >= 0.6 is 0 Å². The minimum Gasteiger partial charge on any atom is -0.453 e. The number of imide groups is 1. The van der Waals surface area contributed by atoms with Crippen molar-refractivity contribution in [2.24, 2.45) is 5.92 Å². The fourth-order valence-electron chi connectivity index (χ4n) is 3.50. The molecule has 0 aromatic heterocycles. The summed E-state index contributed by atoms with van der Waals surface area (Å²) in [7, 11) is 1.21. The standard InChI is InChI=1S/C19H23FN2O4/c1-26-19(25)21-15-11-12(5-9-14(15)20)6-10-16(13-7-8-13)22-17(23)3-2-4-18(22)24/h5,9,11,13,16H,2-4,6-8,10H2,1H3,(H,21,25)/t16-/m0/s1. The predicted molar refractivity (Wildman–Crippen MR) is 93.0 cm³/mol. The zero-order valence-electron chi connectivity index (χ0n) is 14.8. The number of nitrogens with zero attached hydrogens (tertiary/aromatic N) is 1. The third-order valence-electron chi connectivity index (χ3n) is 5.00. The summed E-state index contributed by atoms with van der Waals surface area (Å²) in [6, 6.07) is 4.43. The SMILES string of the molecule is COC(=O)Nc1cc(CC[C@@H](C2CC2)N2C(=O)CCCC2=O)ccc1F. The number of carbonyl (C=O) groups excluding carboxylic acids is 3. The second-order valence-electron chi connectivity index (χ2n) is 6.89. The lowest BCUT2D eigenvalue weighted by molar-refractivity contribution is -0.151. The summed E-state index contributed by atoms with van der Waals surface area (Å²) in [6.07, 6.45) is 4.05. The van der Waals surface area contributed by atoms with Gasteiger partial charge in [-0.2, -0.15) is 0 Å². The first-order valence-corrected chi connectivity index (χ1v) is 8.98. The van der Waals surface area contributed by atoms with Gasteiger partial charge in [-0.3, -0.25) is 19.8 Å². The normalized spacial score (nSPS) is 18.6. The molecule has 1 saturated heterocycles. The molecular weight excluding hydrogens is 339 g/mol. The molecule has 2 fully saturated rings. The molecule has 26 heavy (non-hydrogen) atoms. The Labute approximate surface area is 151 Å². The number of halogens is 1. The van der Waals surface area contributed by atoms with Gasteiger partial charge in [0.1, 0.15) is 5.82 Å². The summed E-state index contributed by atoms with van der Waals surface area (Å²) >= 11 is 0. The minimum absolute atomic E-state index is 0.0578. The number of carbonyl (C=O) groups is 3. The molecule has 0 spiro atoms. The number of aryl methyl sites for hydroxylation is 1. The quantitative estimate of drug-likeness (QED) is 0.788. The average Bonchev–Trinajstić information content (AvgIpc) is 3.44. The Kier molecular flexibility index (Phi) is 5.54. The second-order valence-corrected chi connectivity index (χ2v) is 6.89. The summed E-state index contributed by atoms with van der Waals surface area (Å²) in [6.45, 7) is 0. The van der Waals surface area contributed by atoms with Crippen LogP contribution in [0, 0.1) is 11.7 Å². The van der Waals surface area contributed by atoms with Crippen LogP contribution in [0.15, 0.2) is 18.2 Å². The summed E-state index contributed by atoms with van der Waals surface area (Å²) < 4.78 is 18.3. The van der Waals surface area contributed by atoms with Crippen molar-refractivity contribution in [2.75, 3.05) is 12.4 Å². The van der Waals surface area contributed by atoms with Gasteiger partial charge in [-0.1, -0.05) is 6.07 Å². The minimum atomic E-state index is -0.735. The molecule has 1 aromatic rings. The van der Waals surface area contributed by atoms with Crippen LogP contribution in [-0.2, 0) is 20.7 Å². The first-order valence-electron chi connectivity index (χ1n) is 8.98. The van der Waals surface area contributed by atoms with Crippen LogP contribution in [-0.4, -0.2) is 36.0 Å². The molecule has 1 aromatic carbocycles. The molecule has 0 bridgehead atoms. The van der Waals surface area contributed by atoms with Gasteiger partial charge in [0.15, 0.2) is 0 Å². The number of benzene rings is 1. The van der Waals surface area contributed by atoms with Crippen LogP contribution in [0.5, 0.6) is 0 Å². The van der Waals surface area contributed by atoms with E-state index in [1.54, 1.807) is 12.1 Å². The van der Waals surface area contributed by atoms with Gasteiger partial charge in [-0.05, 0) is 55.7 Å². The smallest absolute Gasteiger partial charge is 0.411 e. The monoisotopic (exact) mass is 362 g/mol. The summed E-state index contributed by atoms with van der Waals surface area (Å²) in [5.74, 6) is -0.330. The van der Waals surface area contributed by atoms with Crippen LogP contribution in [0.1, 0.15) is 44.1 Å². The number of nitrogens with one attached hydrogen (secondary N) is 1. The number of hydrogen-bond acceptors (Lipinski definition) is 4. The number of hydrogen-bond donors (Lipinski definition) is 1. The largest absolute Gasteiger partial charge is 0.453 e. The zero-order valence-corrected chi connectivity index (χ0v) is 14.8. The Morgan fingerprint density at radius 3 is 2.62 bits per heavy atom. The van der Waals surface area contributed by atoms with E-state index in [4.69, 9.17) is 0 Å². The van der Waals surface area contributed by atoms with E-state index in [2.05, 4.69) is 10.1 Å². The van der Waals surface area contributed by atoms with Crippen molar-refractivity contribution in [2.45, 2.75) is 51.0 Å². The van der Waals surface area contributed by atoms with Crippen molar-refractivity contribution in [3.8, 4) is 0 Å². The zero-order chi connectivity index (χ0) is 18.7. The Hall–Kier alpha value is -2.44. The van der Waals surface area contributed by atoms with Crippen molar-refractivity contribution in [3.05, 3.63) is 29.6 Å². The molecule has 1 aliphatic heterocycles. The Morgan fingerprint density at radius 1 is 1.31 bits per heavy atom. The van der Waals surface area contributed by atoms with E-state index >= 15 is 0 Å². The lowest BCUT2D eigenvalue weighted by Gasteiger charge is -2.33. The molecule has 7 heteroatoms. The van der Waals surface area contributed by atoms with Gasteiger partial charge in [0.25, 0.3) is 0 Å². The highest BCUT2D eigenvalue weighted by Crippen LogP contribution is 2.39. The first kappa shape index (κ1) is 18.4. The van der Waals surface area contributed by atoms with E-state index < -0.39 is 11.9 Å². The molecule has 2 aliphatic rings. The third-order valence-corrected chi connectivity index (χ3v) is 5.00. The summed E-state index contributed by atoms with van der Waals surface area (Å²) in [5.41, 5.74) is 0.891. The van der Waals surface area contributed by atoms with Gasteiger partial charge < -0.3 is 4.74 Å². The maximum Gasteiger partial charge on any atom is 0.411 e. The fraction of sp³-hybridized carbons (Fsp3) is 0.526. The fourth-order valence-corrected chi connectivity index (χ4v) is 3.50. The van der Waals surface area contributed by atoms with Crippen molar-refractivity contribution in [1.29, 1.82) is 0 Å². The van der Waals surface area contributed by atoms with Gasteiger partial charge in [0.2, 0.25) is 11.8 Å². The average molecular weight is 362 g/mol. The first-order chi connectivity index (χ1) is 12.5. The molecule has 140 valence electrons. The second kappa shape index (κ2) is 7.85. The molecule has 3 rings (SSSR count). The van der Waals surface area contributed by atoms with Gasteiger partial charge in [0, 0.05) is 18.9 Å².